The number of guanidine groups is 1. The van der Waals surface area contributed by atoms with E-state index in [0.29, 0.717) is 25.7 Å². The minimum Gasteiger partial charge on any atom is -0.496 e. The van der Waals surface area contributed by atoms with Crippen molar-refractivity contribution in [3.05, 3.63) is 53.3 Å². The molecule has 1 aromatic heterocycles. The van der Waals surface area contributed by atoms with E-state index >= 15 is 0 Å². The molecule has 0 saturated heterocycles. The summed E-state index contributed by atoms with van der Waals surface area (Å²) in [6, 6.07) is 9.74. The molecule has 0 amide bonds. The normalized spacial score (nSPS) is 11.1. The smallest absolute Gasteiger partial charge is 0.191 e. The molecule has 2 rings (SSSR count). The van der Waals surface area contributed by atoms with Crippen molar-refractivity contribution in [1.29, 1.82) is 0 Å². The lowest BCUT2D eigenvalue weighted by molar-refractivity contribution is 0.322. The van der Waals surface area contributed by atoms with Gasteiger partial charge in [0.1, 0.15) is 18.1 Å². The first-order valence-corrected chi connectivity index (χ1v) is 8.27. The molecule has 0 atom stereocenters. The Hall–Kier alpha value is -2.76. The summed E-state index contributed by atoms with van der Waals surface area (Å²) in [5.41, 5.74) is 3.01. The summed E-state index contributed by atoms with van der Waals surface area (Å²) < 4.78 is 11.1. The summed E-state index contributed by atoms with van der Waals surface area (Å²) in [4.78, 5) is 8.70. The average Bonchev–Trinajstić information content (AvgIpc) is 2.64. The fraction of sp³-hybridized carbons (Fsp3) is 0.368. The van der Waals surface area contributed by atoms with Crippen LogP contribution in [0.25, 0.3) is 0 Å². The van der Waals surface area contributed by atoms with Crippen molar-refractivity contribution in [2.24, 2.45) is 4.99 Å². The molecule has 2 aromatic rings. The van der Waals surface area contributed by atoms with Crippen LogP contribution in [0.4, 0.5) is 0 Å². The van der Waals surface area contributed by atoms with Crippen LogP contribution in [0.3, 0.4) is 0 Å². The number of pyridine rings is 1. The predicted molar refractivity (Wildman–Crippen MR) is 100 cm³/mol. The minimum atomic E-state index is 0.556. The molecule has 0 bridgehead atoms. The topological polar surface area (TPSA) is 67.8 Å². The Labute approximate surface area is 149 Å². The van der Waals surface area contributed by atoms with Crippen molar-refractivity contribution in [3.63, 3.8) is 0 Å². The van der Waals surface area contributed by atoms with E-state index in [1.165, 1.54) is 0 Å². The van der Waals surface area contributed by atoms with Gasteiger partial charge in [0.25, 0.3) is 0 Å². The van der Waals surface area contributed by atoms with Crippen LogP contribution in [0.2, 0.25) is 0 Å². The highest BCUT2D eigenvalue weighted by Crippen LogP contribution is 2.23. The quantitative estimate of drug-likeness (QED) is 0.460. The Morgan fingerprint density at radius 1 is 1.16 bits per heavy atom. The first-order chi connectivity index (χ1) is 12.2. The van der Waals surface area contributed by atoms with Crippen molar-refractivity contribution in [3.8, 4) is 11.5 Å². The molecule has 1 heterocycles. The summed E-state index contributed by atoms with van der Waals surface area (Å²) in [6.45, 7) is 5.78. The first-order valence-electron chi connectivity index (χ1n) is 8.27. The zero-order chi connectivity index (χ0) is 18.1. The number of aryl methyl sites for hydroxylation is 1. The summed E-state index contributed by atoms with van der Waals surface area (Å²) >= 11 is 0. The van der Waals surface area contributed by atoms with Gasteiger partial charge in [0, 0.05) is 24.4 Å². The van der Waals surface area contributed by atoms with Crippen molar-refractivity contribution >= 4 is 5.96 Å². The van der Waals surface area contributed by atoms with Crippen LogP contribution in [0.5, 0.6) is 11.5 Å². The molecule has 0 aliphatic carbocycles. The zero-order valence-corrected chi connectivity index (χ0v) is 15.3. The Bertz CT molecular complexity index is 702. The average molecular weight is 342 g/mol. The first kappa shape index (κ1) is 18.6. The number of aromatic nitrogens is 1. The van der Waals surface area contributed by atoms with Crippen molar-refractivity contribution in [2.75, 3.05) is 27.3 Å². The van der Waals surface area contributed by atoms with Gasteiger partial charge in [0.15, 0.2) is 5.96 Å². The number of rotatable bonds is 7. The highest BCUT2D eigenvalue weighted by atomic mass is 16.5. The molecular weight excluding hydrogens is 316 g/mol. The van der Waals surface area contributed by atoms with E-state index in [-0.39, 0.29) is 0 Å². The van der Waals surface area contributed by atoms with Crippen LogP contribution in [0.15, 0.2) is 41.5 Å². The Kier molecular flexibility index (Phi) is 7.07. The molecule has 0 radical (unpaired) electrons. The maximum Gasteiger partial charge on any atom is 0.191 e. The van der Waals surface area contributed by atoms with Crippen molar-refractivity contribution < 1.29 is 9.47 Å². The number of hydrogen-bond donors (Lipinski definition) is 2. The third kappa shape index (κ3) is 5.38. The summed E-state index contributed by atoms with van der Waals surface area (Å²) in [6.07, 6.45) is 1.83. The van der Waals surface area contributed by atoms with Gasteiger partial charge in [0.2, 0.25) is 0 Å². The molecule has 6 nitrogen and oxygen atoms in total. The van der Waals surface area contributed by atoms with E-state index in [1.54, 1.807) is 14.2 Å². The number of nitrogens with zero attached hydrogens (tertiary/aromatic N) is 2. The molecule has 2 N–H and O–H groups in total. The lowest BCUT2D eigenvalue weighted by Gasteiger charge is -2.15. The van der Waals surface area contributed by atoms with Crippen molar-refractivity contribution in [2.45, 2.75) is 20.4 Å². The molecule has 134 valence electrons. The Morgan fingerprint density at radius 3 is 2.60 bits per heavy atom. The summed E-state index contributed by atoms with van der Waals surface area (Å²) in [5, 5.41) is 6.49. The fourth-order valence-electron chi connectivity index (χ4n) is 2.49. The molecule has 0 aliphatic heterocycles. The Morgan fingerprint density at radius 2 is 1.92 bits per heavy atom. The molecule has 0 saturated carbocycles. The number of ether oxygens (including phenoxy) is 2. The van der Waals surface area contributed by atoms with Gasteiger partial charge in [-0.2, -0.15) is 0 Å². The molecule has 0 spiro atoms. The monoisotopic (exact) mass is 342 g/mol. The summed E-state index contributed by atoms with van der Waals surface area (Å²) in [5.74, 6) is 2.45. The van der Waals surface area contributed by atoms with E-state index in [9.17, 15) is 0 Å². The number of hydrogen-bond acceptors (Lipinski definition) is 4. The van der Waals surface area contributed by atoms with Crippen LogP contribution in [0, 0.1) is 13.8 Å². The lowest BCUT2D eigenvalue weighted by Crippen LogP contribution is -2.39. The van der Waals surface area contributed by atoms with Crippen molar-refractivity contribution in [1.82, 2.24) is 15.6 Å². The van der Waals surface area contributed by atoms with Crippen LogP contribution in [0.1, 0.15) is 16.8 Å². The third-order valence-electron chi connectivity index (χ3n) is 3.80. The number of aliphatic imine (C=N–C) groups is 1. The van der Waals surface area contributed by atoms with Crippen LogP contribution >= 0.6 is 0 Å². The van der Waals surface area contributed by atoms with Gasteiger partial charge in [0.05, 0.1) is 25.9 Å². The molecule has 0 fully saturated rings. The van der Waals surface area contributed by atoms with E-state index in [0.717, 1.165) is 28.3 Å². The van der Waals surface area contributed by atoms with E-state index in [4.69, 9.17) is 9.47 Å². The second kappa shape index (κ2) is 9.52. The van der Waals surface area contributed by atoms with Gasteiger partial charge < -0.3 is 20.1 Å². The highest BCUT2D eigenvalue weighted by Gasteiger charge is 2.09. The fourth-order valence-corrected chi connectivity index (χ4v) is 2.49. The number of methoxy groups -OCH3 is 1. The van der Waals surface area contributed by atoms with E-state index in [2.05, 4.69) is 20.6 Å². The van der Waals surface area contributed by atoms with E-state index in [1.807, 2.05) is 50.4 Å². The van der Waals surface area contributed by atoms with Gasteiger partial charge in [-0.05, 0) is 26.0 Å². The SMILES string of the molecule is CN=C(NCCOc1ccccc1)NCc1ncc(C)c(OC)c1C. The second-order valence-electron chi connectivity index (χ2n) is 5.56. The van der Waals surface area contributed by atoms with Gasteiger partial charge in [-0.3, -0.25) is 9.98 Å². The lowest BCUT2D eigenvalue weighted by atomic mass is 10.1. The number of benzene rings is 1. The van der Waals surface area contributed by atoms with Crippen LogP contribution < -0.4 is 20.1 Å². The van der Waals surface area contributed by atoms with Gasteiger partial charge in [-0.1, -0.05) is 18.2 Å². The third-order valence-corrected chi connectivity index (χ3v) is 3.80. The van der Waals surface area contributed by atoms with Gasteiger partial charge >= 0.3 is 0 Å². The molecule has 25 heavy (non-hydrogen) atoms. The molecule has 0 aliphatic rings. The Balaban J connectivity index is 1.81. The number of nitrogens with one attached hydrogen (secondary N) is 2. The second-order valence-corrected chi connectivity index (χ2v) is 5.56. The maximum atomic E-state index is 5.65. The van der Waals surface area contributed by atoms with Crippen LogP contribution in [-0.4, -0.2) is 38.3 Å². The highest BCUT2D eigenvalue weighted by molar-refractivity contribution is 5.79. The number of para-hydroxylation sites is 1. The largest absolute Gasteiger partial charge is 0.496 e. The van der Waals surface area contributed by atoms with E-state index < -0.39 is 0 Å². The molecule has 0 unspecified atom stereocenters. The maximum absolute atomic E-state index is 5.65. The zero-order valence-electron chi connectivity index (χ0n) is 15.3. The summed E-state index contributed by atoms with van der Waals surface area (Å²) in [7, 11) is 3.42. The molecule has 6 heteroatoms. The van der Waals surface area contributed by atoms with Crippen LogP contribution in [-0.2, 0) is 6.54 Å². The molecule has 1 aromatic carbocycles. The minimum absolute atomic E-state index is 0.556. The van der Waals surface area contributed by atoms with Gasteiger partial charge in [-0.25, -0.2) is 0 Å². The standard InChI is InChI=1S/C19H26N4O2/c1-14-12-22-17(15(2)18(14)24-4)13-23-19(20-3)21-10-11-25-16-8-6-5-7-9-16/h5-9,12H,10-11,13H2,1-4H3,(H2,20,21,23). The van der Waals surface area contributed by atoms with Gasteiger partial charge in [-0.15, -0.1) is 0 Å². The predicted octanol–water partition coefficient (Wildman–Crippen LogP) is 2.45. The molecular formula is C19H26N4O2.